The van der Waals surface area contributed by atoms with E-state index in [1.807, 2.05) is 19.1 Å². The molecule has 0 atom stereocenters. The largest absolute Gasteiger partial charge is 0.491 e. The van der Waals surface area contributed by atoms with Crippen LogP contribution in [0.2, 0.25) is 0 Å². The van der Waals surface area contributed by atoms with Crippen molar-refractivity contribution in [3.63, 3.8) is 0 Å². The van der Waals surface area contributed by atoms with Gasteiger partial charge >= 0.3 is 0 Å². The van der Waals surface area contributed by atoms with Crippen LogP contribution < -0.4 is 20.1 Å². The highest BCUT2D eigenvalue weighted by Gasteiger charge is 2.16. The van der Waals surface area contributed by atoms with Crippen LogP contribution in [-0.4, -0.2) is 43.1 Å². The van der Waals surface area contributed by atoms with E-state index >= 15 is 0 Å². The standard InChI is InChI=1S/C21H25FN6O3S/c1-4-31-18-6-5-16(12-17(18)22)32(29,30)25-10-9-24-20-13-21(27-15(3)26-20)28-19-11-14(2)7-8-23-19/h5-8,11-13,25H,4,9-10H2,1-3H3,(H2,23,24,26,27,28). The number of hydrogen-bond acceptors (Lipinski definition) is 8. The van der Waals surface area contributed by atoms with Gasteiger partial charge in [-0.2, -0.15) is 0 Å². The molecule has 170 valence electrons. The number of aryl methyl sites for hydroxylation is 2. The van der Waals surface area contributed by atoms with Crippen LogP contribution in [0.25, 0.3) is 0 Å². The van der Waals surface area contributed by atoms with Gasteiger partial charge in [-0.25, -0.2) is 32.5 Å². The van der Waals surface area contributed by atoms with Gasteiger partial charge in [0.15, 0.2) is 11.6 Å². The summed E-state index contributed by atoms with van der Waals surface area (Å²) in [4.78, 5) is 12.7. The first-order valence-corrected chi connectivity index (χ1v) is 11.5. The zero-order valence-corrected chi connectivity index (χ0v) is 18.8. The summed E-state index contributed by atoms with van der Waals surface area (Å²) in [6.07, 6.45) is 1.70. The third kappa shape index (κ3) is 6.34. The Labute approximate surface area is 186 Å². The van der Waals surface area contributed by atoms with Crippen molar-refractivity contribution in [2.45, 2.75) is 25.7 Å². The lowest BCUT2D eigenvalue weighted by Gasteiger charge is -2.11. The van der Waals surface area contributed by atoms with E-state index in [9.17, 15) is 12.8 Å². The van der Waals surface area contributed by atoms with Gasteiger partial charge in [-0.05, 0) is 56.7 Å². The fourth-order valence-electron chi connectivity index (χ4n) is 2.84. The fourth-order valence-corrected chi connectivity index (χ4v) is 3.88. The lowest BCUT2D eigenvalue weighted by atomic mass is 10.3. The van der Waals surface area contributed by atoms with Gasteiger partial charge in [0.1, 0.15) is 23.3 Å². The van der Waals surface area contributed by atoms with Crippen molar-refractivity contribution in [1.29, 1.82) is 0 Å². The normalized spacial score (nSPS) is 11.2. The Morgan fingerprint density at radius 2 is 1.78 bits per heavy atom. The van der Waals surface area contributed by atoms with E-state index in [4.69, 9.17) is 4.74 Å². The predicted octanol–water partition coefficient (Wildman–Crippen LogP) is 3.16. The second-order valence-corrected chi connectivity index (χ2v) is 8.65. The first-order chi connectivity index (χ1) is 15.3. The fraction of sp³-hybridized carbons (Fsp3) is 0.286. The van der Waals surface area contributed by atoms with E-state index in [0.717, 1.165) is 11.6 Å². The Bertz CT molecular complexity index is 1190. The molecule has 0 aliphatic rings. The molecule has 11 heteroatoms. The van der Waals surface area contributed by atoms with Crippen molar-refractivity contribution < 1.29 is 17.5 Å². The average molecular weight is 461 g/mol. The third-order valence-electron chi connectivity index (χ3n) is 4.25. The van der Waals surface area contributed by atoms with Crippen LogP contribution >= 0.6 is 0 Å². The first-order valence-electron chi connectivity index (χ1n) is 9.98. The predicted molar refractivity (Wildman–Crippen MR) is 120 cm³/mol. The second kappa shape index (κ2) is 10.3. The topological polar surface area (TPSA) is 118 Å². The molecule has 9 nitrogen and oxygen atoms in total. The van der Waals surface area contributed by atoms with E-state index in [1.165, 1.54) is 12.1 Å². The van der Waals surface area contributed by atoms with Gasteiger partial charge in [-0.15, -0.1) is 0 Å². The number of benzene rings is 1. The number of nitrogens with one attached hydrogen (secondary N) is 3. The molecule has 1 aromatic carbocycles. The Morgan fingerprint density at radius 3 is 2.50 bits per heavy atom. The van der Waals surface area contributed by atoms with Gasteiger partial charge in [0.05, 0.1) is 11.5 Å². The van der Waals surface area contributed by atoms with Crippen molar-refractivity contribution in [1.82, 2.24) is 19.7 Å². The van der Waals surface area contributed by atoms with E-state index in [2.05, 4.69) is 30.3 Å². The van der Waals surface area contributed by atoms with Gasteiger partial charge in [-0.3, -0.25) is 0 Å². The van der Waals surface area contributed by atoms with Gasteiger partial charge in [0.25, 0.3) is 0 Å². The summed E-state index contributed by atoms with van der Waals surface area (Å²) in [6.45, 7) is 6.06. The molecular formula is C21H25FN6O3S. The number of nitrogens with zero attached hydrogens (tertiary/aromatic N) is 3. The zero-order chi connectivity index (χ0) is 23.1. The smallest absolute Gasteiger partial charge is 0.240 e. The van der Waals surface area contributed by atoms with E-state index in [1.54, 1.807) is 26.1 Å². The van der Waals surface area contributed by atoms with Crippen LogP contribution in [0, 0.1) is 19.7 Å². The number of ether oxygens (including phenoxy) is 1. The number of anilines is 3. The zero-order valence-electron chi connectivity index (χ0n) is 18.0. The SMILES string of the molecule is CCOc1ccc(S(=O)(=O)NCCNc2cc(Nc3cc(C)ccn3)nc(C)n2)cc1F. The number of sulfonamides is 1. The van der Waals surface area contributed by atoms with Crippen LogP contribution in [0.5, 0.6) is 5.75 Å². The van der Waals surface area contributed by atoms with Crippen molar-refractivity contribution in [3.8, 4) is 5.75 Å². The monoisotopic (exact) mass is 460 g/mol. The molecule has 32 heavy (non-hydrogen) atoms. The van der Waals surface area contributed by atoms with Crippen molar-refractivity contribution in [2.75, 3.05) is 30.3 Å². The van der Waals surface area contributed by atoms with E-state index in [-0.39, 0.29) is 30.3 Å². The number of halogens is 1. The lowest BCUT2D eigenvalue weighted by Crippen LogP contribution is -2.29. The quantitative estimate of drug-likeness (QED) is 0.395. The minimum Gasteiger partial charge on any atom is -0.491 e. The minimum absolute atomic E-state index is 0.0116. The molecule has 2 aromatic heterocycles. The number of hydrogen-bond donors (Lipinski definition) is 3. The van der Waals surface area contributed by atoms with Gasteiger partial charge < -0.3 is 15.4 Å². The summed E-state index contributed by atoms with van der Waals surface area (Å²) in [7, 11) is -3.87. The van der Waals surface area contributed by atoms with Crippen LogP contribution in [0.15, 0.2) is 47.5 Å². The number of rotatable bonds is 10. The molecule has 0 amide bonds. The minimum atomic E-state index is -3.87. The van der Waals surface area contributed by atoms with Crippen molar-refractivity contribution in [2.24, 2.45) is 0 Å². The third-order valence-corrected chi connectivity index (χ3v) is 5.70. The molecule has 0 saturated heterocycles. The van der Waals surface area contributed by atoms with Crippen LogP contribution in [0.4, 0.5) is 21.8 Å². The Hall–Kier alpha value is -3.31. The molecule has 3 N–H and O–H groups in total. The molecule has 0 unspecified atom stereocenters. The Balaban J connectivity index is 1.58. The maximum Gasteiger partial charge on any atom is 0.240 e. The molecule has 0 saturated carbocycles. The summed E-state index contributed by atoms with van der Waals surface area (Å²) >= 11 is 0. The molecule has 0 bridgehead atoms. The molecule has 0 aliphatic heterocycles. The molecule has 0 spiro atoms. The molecule has 3 aromatic rings. The van der Waals surface area contributed by atoms with Crippen molar-refractivity contribution in [3.05, 3.63) is 59.8 Å². The number of aromatic nitrogens is 3. The molecule has 0 aliphatic carbocycles. The molecule has 0 radical (unpaired) electrons. The van der Waals surface area contributed by atoms with Crippen molar-refractivity contribution >= 4 is 27.5 Å². The van der Waals surface area contributed by atoms with Crippen LogP contribution in [0.3, 0.4) is 0 Å². The summed E-state index contributed by atoms with van der Waals surface area (Å²) < 4.78 is 46.3. The highest BCUT2D eigenvalue weighted by atomic mass is 32.2. The molecular weight excluding hydrogens is 435 g/mol. The molecule has 2 heterocycles. The van der Waals surface area contributed by atoms with Gasteiger partial charge in [0.2, 0.25) is 10.0 Å². The second-order valence-electron chi connectivity index (χ2n) is 6.88. The maximum absolute atomic E-state index is 14.0. The Kier molecular flexibility index (Phi) is 7.54. The van der Waals surface area contributed by atoms with E-state index in [0.29, 0.717) is 23.3 Å². The Morgan fingerprint density at radius 1 is 1.00 bits per heavy atom. The van der Waals surface area contributed by atoms with Crippen LogP contribution in [-0.2, 0) is 10.0 Å². The lowest BCUT2D eigenvalue weighted by molar-refractivity contribution is 0.321. The number of pyridine rings is 1. The molecule has 0 fully saturated rings. The van der Waals surface area contributed by atoms with Gasteiger partial charge in [-0.1, -0.05) is 0 Å². The van der Waals surface area contributed by atoms with E-state index < -0.39 is 15.8 Å². The first kappa shape index (κ1) is 23.4. The highest BCUT2D eigenvalue weighted by Crippen LogP contribution is 2.21. The highest BCUT2D eigenvalue weighted by molar-refractivity contribution is 7.89. The van der Waals surface area contributed by atoms with Gasteiger partial charge in [0, 0.05) is 25.4 Å². The maximum atomic E-state index is 14.0. The summed E-state index contributed by atoms with van der Waals surface area (Å²) in [5.74, 6) is 1.56. The molecule has 3 rings (SSSR count). The summed E-state index contributed by atoms with van der Waals surface area (Å²) in [6, 6.07) is 9.02. The van der Waals surface area contributed by atoms with Crippen LogP contribution in [0.1, 0.15) is 18.3 Å². The summed E-state index contributed by atoms with van der Waals surface area (Å²) in [5.41, 5.74) is 1.06. The average Bonchev–Trinajstić information content (AvgIpc) is 2.72. The summed E-state index contributed by atoms with van der Waals surface area (Å²) in [5, 5.41) is 6.17.